The number of halogens is 1. The van der Waals surface area contributed by atoms with Gasteiger partial charge in [0.1, 0.15) is 5.76 Å². The van der Waals surface area contributed by atoms with Gasteiger partial charge in [0.25, 0.3) is 11.7 Å². The second kappa shape index (κ2) is 9.34. The molecule has 1 saturated heterocycles. The Bertz CT molecular complexity index is 984. The number of rotatable bonds is 7. The van der Waals surface area contributed by atoms with Crippen LogP contribution in [0, 0.1) is 0 Å². The van der Waals surface area contributed by atoms with E-state index >= 15 is 0 Å². The molecular formula is C23H24BrNO5. The van der Waals surface area contributed by atoms with E-state index in [0.29, 0.717) is 42.2 Å². The molecule has 2 aromatic rings. The normalized spacial score (nSPS) is 18.0. The minimum atomic E-state index is -0.710. The maximum absolute atomic E-state index is 12.9. The molecule has 0 aliphatic carbocycles. The van der Waals surface area contributed by atoms with Gasteiger partial charge in [0.05, 0.1) is 25.3 Å². The Kier molecular flexibility index (Phi) is 6.82. The lowest BCUT2D eigenvalue weighted by atomic mass is 9.95. The molecule has 1 atom stereocenters. The standard InChI is InChI=1S/C23H24BrNO5/c1-4-12-25-20(15-8-11-17(30-5-2)18(13-15)29-3)19(22(27)23(25)28)21(26)14-6-9-16(24)10-7-14/h6-11,13,20,26H,4-5,12H2,1-3H3/b21-19-. The van der Waals surface area contributed by atoms with Crippen LogP contribution in [0.15, 0.2) is 52.5 Å². The molecule has 30 heavy (non-hydrogen) atoms. The highest BCUT2D eigenvalue weighted by molar-refractivity contribution is 9.10. The molecule has 1 aliphatic heterocycles. The number of hydrogen-bond acceptors (Lipinski definition) is 5. The molecule has 1 heterocycles. The Hall–Kier alpha value is -2.80. The van der Waals surface area contributed by atoms with Gasteiger partial charge in [-0.05, 0) is 43.2 Å². The summed E-state index contributed by atoms with van der Waals surface area (Å²) in [4.78, 5) is 27.2. The van der Waals surface area contributed by atoms with Gasteiger partial charge in [0.15, 0.2) is 11.5 Å². The van der Waals surface area contributed by atoms with Crippen LogP contribution in [0.3, 0.4) is 0 Å². The first-order valence-corrected chi connectivity index (χ1v) is 10.6. The fourth-order valence-corrected chi connectivity index (χ4v) is 3.85. The second-order valence-corrected chi connectivity index (χ2v) is 7.76. The van der Waals surface area contributed by atoms with Gasteiger partial charge in [-0.1, -0.05) is 41.1 Å². The Morgan fingerprint density at radius 3 is 2.40 bits per heavy atom. The highest BCUT2D eigenvalue weighted by Gasteiger charge is 2.45. The first-order chi connectivity index (χ1) is 14.4. The average Bonchev–Trinajstić information content (AvgIpc) is 2.99. The molecule has 1 aliphatic rings. The van der Waals surface area contributed by atoms with Gasteiger partial charge in [-0.3, -0.25) is 9.59 Å². The quantitative estimate of drug-likeness (QED) is 0.358. The zero-order valence-electron chi connectivity index (χ0n) is 17.1. The third kappa shape index (κ3) is 4.07. The molecule has 6 nitrogen and oxygen atoms in total. The number of ketones is 1. The fraction of sp³-hybridized carbons (Fsp3) is 0.304. The predicted molar refractivity (Wildman–Crippen MR) is 118 cm³/mol. The van der Waals surface area contributed by atoms with Gasteiger partial charge in [0, 0.05) is 16.6 Å². The molecule has 1 unspecified atom stereocenters. The van der Waals surface area contributed by atoms with Crippen LogP contribution in [0.2, 0.25) is 0 Å². The van der Waals surface area contributed by atoms with E-state index in [2.05, 4.69) is 15.9 Å². The van der Waals surface area contributed by atoms with Crippen molar-refractivity contribution in [2.45, 2.75) is 26.3 Å². The number of carbonyl (C=O) groups excluding carboxylic acids is 2. The highest BCUT2D eigenvalue weighted by Crippen LogP contribution is 2.42. The summed E-state index contributed by atoms with van der Waals surface area (Å²) in [5, 5.41) is 11.0. The van der Waals surface area contributed by atoms with Crippen molar-refractivity contribution in [2.24, 2.45) is 0 Å². The molecule has 2 aromatic carbocycles. The number of aliphatic hydroxyl groups excluding tert-OH is 1. The van der Waals surface area contributed by atoms with Crippen LogP contribution in [0.5, 0.6) is 11.5 Å². The minimum absolute atomic E-state index is 0.0713. The monoisotopic (exact) mass is 473 g/mol. The Labute approximate surface area is 184 Å². The van der Waals surface area contributed by atoms with Gasteiger partial charge in [-0.15, -0.1) is 0 Å². The van der Waals surface area contributed by atoms with Gasteiger partial charge >= 0.3 is 0 Å². The van der Waals surface area contributed by atoms with Crippen molar-refractivity contribution in [1.82, 2.24) is 4.90 Å². The van der Waals surface area contributed by atoms with Crippen molar-refractivity contribution in [1.29, 1.82) is 0 Å². The molecule has 0 saturated carbocycles. The zero-order valence-corrected chi connectivity index (χ0v) is 18.7. The number of hydrogen-bond donors (Lipinski definition) is 1. The van der Waals surface area contributed by atoms with Crippen LogP contribution in [-0.2, 0) is 9.59 Å². The topological polar surface area (TPSA) is 76.1 Å². The van der Waals surface area contributed by atoms with Crippen molar-refractivity contribution in [3.05, 3.63) is 63.6 Å². The summed E-state index contributed by atoms with van der Waals surface area (Å²) in [7, 11) is 1.53. The lowest BCUT2D eigenvalue weighted by Gasteiger charge is -2.25. The van der Waals surface area contributed by atoms with Crippen LogP contribution < -0.4 is 9.47 Å². The maximum atomic E-state index is 12.9. The van der Waals surface area contributed by atoms with Crippen molar-refractivity contribution < 1.29 is 24.2 Å². The van der Waals surface area contributed by atoms with E-state index in [-0.39, 0.29) is 11.3 Å². The van der Waals surface area contributed by atoms with Crippen LogP contribution >= 0.6 is 15.9 Å². The molecule has 0 spiro atoms. The van der Waals surface area contributed by atoms with Crippen LogP contribution in [0.25, 0.3) is 5.76 Å². The van der Waals surface area contributed by atoms with Gasteiger partial charge in [-0.25, -0.2) is 0 Å². The minimum Gasteiger partial charge on any atom is -0.507 e. The van der Waals surface area contributed by atoms with E-state index in [0.717, 1.165) is 4.47 Å². The van der Waals surface area contributed by atoms with Crippen molar-refractivity contribution in [3.63, 3.8) is 0 Å². The number of methoxy groups -OCH3 is 1. The lowest BCUT2D eigenvalue weighted by Crippen LogP contribution is -2.30. The fourth-order valence-electron chi connectivity index (χ4n) is 3.59. The van der Waals surface area contributed by atoms with Crippen LogP contribution in [0.4, 0.5) is 0 Å². The summed E-state index contributed by atoms with van der Waals surface area (Å²) in [6, 6.07) is 11.5. The van der Waals surface area contributed by atoms with Crippen molar-refractivity contribution in [3.8, 4) is 11.5 Å². The molecule has 7 heteroatoms. The largest absolute Gasteiger partial charge is 0.507 e. The Balaban J connectivity index is 2.18. The second-order valence-electron chi connectivity index (χ2n) is 6.84. The number of Topliss-reactive ketones (excluding diaryl/α,β-unsaturated/α-hetero) is 1. The Morgan fingerprint density at radius 1 is 1.10 bits per heavy atom. The smallest absolute Gasteiger partial charge is 0.295 e. The summed E-state index contributed by atoms with van der Waals surface area (Å²) >= 11 is 3.36. The number of carbonyl (C=O) groups is 2. The lowest BCUT2D eigenvalue weighted by molar-refractivity contribution is -0.139. The average molecular weight is 474 g/mol. The molecule has 0 radical (unpaired) electrons. The SMILES string of the molecule is CCCN1C(=O)C(=O)/C(=C(\O)c2ccc(Br)cc2)C1c1ccc(OCC)c(OC)c1. The van der Waals surface area contributed by atoms with Crippen LogP contribution in [0.1, 0.15) is 37.4 Å². The van der Waals surface area contributed by atoms with E-state index in [9.17, 15) is 14.7 Å². The van der Waals surface area contributed by atoms with E-state index < -0.39 is 17.7 Å². The molecule has 1 amide bonds. The van der Waals surface area contributed by atoms with Crippen molar-refractivity contribution >= 4 is 33.4 Å². The van der Waals surface area contributed by atoms with Gasteiger partial charge in [-0.2, -0.15) is 0 Å². The third-order valence-electron chi connectivity index (χ3n) is 4.93. The number of ether oxygens (including phenoxy) is 2. The number of likely N-dealkylation sites (tertiary alicyclic amines) is 1. The van der Waals surface area contributed by atoms with E-state index in [4.69, 9.17) is 9.47 Å². The maximum Gasteiger partial charge on any atom is 0.295 e. The third-order valence-corrected chi connectivity index (χ3v) is 5.45. The molecule has 158 valence electrons. The number of aliphatic hydroxyl groups is 1. The van der Waals surface area contributed by atoms with E-state index in [1.54, 1.807) is 42.5 Å². The van der Waals surface area contributed by atoms with E-state index in [1.807, 2.05) is 13.8 Å². The molecule has 3 rings (SSSR count). The summed E-state index contributed by atoms with van der Waals surface area (Å²) < 4.78 is 11.9. The summed E-state index contributed by atoms with van der Waals surface area (Å²) in [5.41, 5.74) is 1.21. The zero-order chi connectivity index (χ0) is 21.8. The number of nitrogens with zero attached hydrogens (tertiary/aromatic N) is 1. The molecule has 1 N–H and O–H groups in total. The molecule has 0 bridgehead atoms. The molecule has 0 aromatic heterocycles. The van der Waals surface area contributed by atoms with Gasteiger partial charge in [0.2, 0.25) is 0 Å². The van der Waals surface area contributed by atoms with Crippen molar-refractivity contribution in [2.75, 3.05) is 20.3 Å². The predicted octanol–water partition coefficient (Wildman–Crippen LogP) is 4.69. The first-order valence-electron chi connectivity index (χ1n) is 9.78. The molecular weight excluding hydrogens is 450 g/mol. The highest BCUT2D eigenvalue weighted by atomic mass is 79.9. The first kappa shape index (κ1) is 21.9. The summed E-state index contributed by atoms with van der Waals surface area (Å²) in [6.45, 7) is 4.68. The summed E-state index contributed by atoms with van der Waals surface area (Å²) in [5.74, 6) is -0.434. The van der Waals surface area contributed by atoms with Gasteiger partial charge < -0.3 is 19.5 Å². The number of amides is 1. The van der Waals surface area contributed by atoms with E-state index in [1.165, 1.54) is 12.0 Å². The number of benzene rings is 2. The summed E-state index contributed by atoms with van der Waals surface area (Å²) in [6.07, 6.45) is 0.677. The van der Waals surface area contributed by atoms with Crippen LogP contribution in [-0.4, -0.2) is 42.0 Å². The molecule has 1 fully saturated rings. The Morgan fingerprint density at radius 2 is 1.80 bits per heavy atom.